The molecule has 0 aromatic carbocycles. The van der Waals surface area contributed by atoms with Crippen LogP contribution in [0.2, 0.25) is 5.28 Å². The van der Waals surface area contributed by atoms with Gasteiger partial charge in [-0.05, 0) is 11.6 Å². The minimum absolute atomic E-state index is 0.193. The van der Waals surface area contributed by atoms with Crippen molar-refractivity contribution in [3.63, 3.8) is 0 Å². The quantitative estimate of drug-likeness (QED) is 0.537. The van der Waals surface area contributed by atoms with Crippen LogP contribution in [0, 0.1) is 0 Å². The molecule has 0 amide bonds. The summed E-state index contributed by atoms with van der Waals surface area (Å²) in [5.41, 5.74) is 0.782. The molecule has 0 aliphatic rings. The number of hydrogen-bond donors (Lipinski definition) is 0. The van der Waals surface area contributed by atoms with Crippen LogP contribution in [-0.4, -0.2) is 30.3 Å². The Hall–Kier alpha value is -1.16. The number of aromatic nitrogens is 2. The fraction of sp³-hybridized carbons (Fsp3) is 0.375. The number of rotatable bonds is 3. The minimum Gasteiger partial charge on any atom is -0.362 e. The first-order valence-corrected chi connectivity index (χ1v) is 4.15. The lowest BCUT2D eigenvalue weighted by Crippen LogP contribution is -2.14. The van der Waals surface area contributed by atoms with E-state index in [1.54, 1.807) is 11.1 Å². The molecular formula is C8H10ClN3O. The third-order valence-electron chi connectivity index (χ3n) is 1.54. The lowest BCUT2D eigenvalue weighted by atomic mass is 10.2. The maximum absolute atomic E-state index is 10.3. The molecule has 0 saturated heterocycles. The standard InChI is InChI=1S/C8H10ClN3O/c1-12(2)7-6(3-4-13)5-10-8(9)11-7/h4-5H,3H2,1-2H3. The Bertz CT molecular complexity index is 314. The second-order valence-electron chi connectivity index (χ2n) is 2.75. The fourth-order valence-corrected chi connectivity index (χ4v) is 1.13. The van der Waals surface area contributed by atoms with Gasteiger partial charge in [0.15, 0.2) is 0 Å². The van der Waals surface area contributed by atoms with Crippen molar-refractivity contribution in [1.82, 2.24) is 9.97 Å². The number of aldehydes is 1. The maximum atomic E-state index is 10.3. The van der Waals surface area contributed by atoms with Crippen LogP contribution in [-0.2, 0) is 11.2 Å². The van der Waals surface area contributed by atoms with Crippen LogP contribution in [0.15, 0.2) is 6.20 Å². The third-order valence-corrected chi connectivity index (χ3v) is 1.72. The molecule has 0 fully saturated rings. The summed E-state index contributed by atoms with van der Waals surface area (Å²) in [5.74, 6) is 0.687. The van der Waals surface area contributed by atoms with Crippen LogP contribution in [0.1, 0.15) is 5.56 Å². The molecule has 4 nitrogen and oxygen atoms in total. The van der Waals surface area contributed by atoms with Crippen molar-refractivity contribution in [3.8, 4) is 0 Å². The van der Waals surface area contributed by atoms with Gasteiger partial charge in [-0.2, -0.15) is 0 Å². The SMILES string of the molecule is CN(C)c1nc(Cl)ncc1CC=O. The highest BCUT2D eigenvalue weighted by Gasteiger charge is 2.07. The van der Waals surface area contributed by atoms with Crippen LogP contribution in [0.3, 0.4) is 0 Å². The molecule has 5 heteroatoms. The lowest BCUT2D eigenvalue weighted by Gasteiger charge is -2.14. The molecule has 0 unspecified atom stereocenters. The van der Waals surface area contributed by atoms with E-state index in [0.717, 1.165) is 11.8 Å². The molecule has 0 aliphatic carbocycles. The van der Waals surface area contributed by atoms with Crippen LogP contribution in [0.5, 0.6) is 0 Å². The second kappa shape index (κ2) is 4.18. The van der Waals surface area contributed by atoms with Gasteiger partial charge in [0.1, 0.15) is 12.1 Å². The molecule has 0 radical (unpaired) electrons. The number of carbonyl (C=O) groups is 1. The monoisotopic (exact) mass is 199 g/mol. The van der Waals surface area contributed by atoms with Crippen molar-refractivity contribution in [2.45, 2.75) is 6.42 Å². The first kappa shape index (κ1) is 9.92. The van der Waals surface area contributed by atoms with Gasteiger partial charge in [0.05, 0.1) is 0 Å². The van der Waals surface area contributed by atoms with Crippen molar-refractivity contribution in [3.05, 3.63) is 17.0 Å². The minimum atomic E-state index is 0.193. The van der Waals surface area contributed by atoms with Gasteiger partial charge in [0.2, 0.25) is 5.28 Å². The van der Waals surface area contributed by atoms with E-state index >= 15 is 0 Å². The Morgan fingerprint density at radius 2 is 2.31 bits per heavy atom. The van der Waals surface area contributed by atoms with Crippen LogP contribution in [0.25, 0.3) is 0 Å². The average molecular weight is 200 g/mol. The summed E-state index contributed by atoms with van der Waals surface area (Å²) in [6, 6.07) is 0. The first-order chi connectivity index (χ1) is 6.15. The van der Waals surface area contributed by atoms with E-state index in [4.69, 9.17) is 11.6 Å². The normalized spacial score (nSPS) is 9.77. The molecule has 1 rings (SSSR count). The van der Waals surface area contributed by atoms with Crippen molar-refractivity contribution < 1.29 is 4.79 Å². The summed E-state index contributed by atoms with van der Waals surface area (Å²) < 4.78 is 0. The fourth-order valence-electron chi connectivity index (χ4n) is 0.998. The zero-order valence-electron chi connectivity index (χ0n) is 7.49. The maximum Gasteiger partial charge on any atom is 0.224 e. The molecule has 1 aromatic rings. The lowest BCUT2D eigenvalue weighted by molar-refractivity contribution is -0.107. The molecular weight excluding hydrogens is 190 g/mol. The molecule has 0 N–H and O–H groups in total. The van der Waals surface area contributed by atoms with Crippen molar-refractivity contribution in [2.24, 2.45) is 0 Å². The van der Waals surface area contributed by atoms with Crippen LogP contribution >= 0.6 is 11.6 Å². The Kier molecular flexibility index (Phi) is 3.19. The summed E-state index contributed by atoms with van der Waals surface area (Å²) in [4.78, 5) is 19.9. The summed E-state index contributed by atoms with van der Waals surface area (Å²) in [5, 5.41) is 0.193. The van der Waals surface area contributed by atoms with E-state index < -0.39 is 0 Å². The van der Waals surface area contributed by atoms with Gasteiger partial charge in [-0.25, -0.2) is 9.97 Å². The Morgan fingerprint density at radius 1 is 1.62 bits per heavy atom. The third kappa shape index (κ3) is 2.39. The van der Waals surface area contributed by atoms with Gasteiger partial charge in [0.25, 0.3) is 0 Å². The summed E-state index contributed by atoms with van der Waals surface area (Å²) in [7, 11) is 3.68. The topological polar surface area (TPSA) is 46.1 Å². The second-order valence-corrected chi connectivity index (χ2v) is 3.09. The van der Waals surface area contributed by atoms with E-state index in [9.17, 15) is 4.79 Å². The van der Waals surface area contributed by atoms with Gasteiger partial charge < -0.3 is 9.69 Å². The number of hydrogen-bond acceptors (Lipinski definition) is 4. The van der Waals surface area contributed by atoms with Crippen LogP contribution in [0.4, 0.5) is 5.82 Å². The highest BCUT2D eigenvalue weighted by molar-refractivity contribution is 6.28. The van der Waals surface area contributed by atoms with E-state index in [0.29, 0.717) is 12.2 Å². The predicted octanol–water partition coefficient (Wildman–Crippen LogP) is 0.937. The van der Waals surface area contributed by atoms with Crippen molar-refractivity contribution in [2.75, 3.05) is 19.0 Å². The van der Waals surface area contributed by atoms with E-state index in [2.05, 4.69) is 9.97 Å². The number of halogens is 1. The van der Waals surface area contributed by atoms with Gasteiger partial charge in [-0.1, -0.05) is 0 Å². The summed E-state index contributed by atoms with van der Waals surface area (Å²) in [6.45, 7) is 0. The smallest absolute Gasteiger partial charge is 0.224 e. The van der Waals surface area contributed by atoms with Gasteiger partial charge in [0, 0.05) is 32.3 Å². The molecule has 0 aliphatic heterocycles. The Balaban J connectivity index is 3.10. The molecule has 0 bridgehead atoms. The van der Waals surface area contributed by atoms with E-state index in [1.807, 2.05) is 14.1 Å². The largest absolute Gasteiger partial charge is 0.362 e. The highest BCUT2D eigenvalue weighted by Crippen LogP contribution is 2.16. The summed E-state index contributed by atoms with van der Waals surface area (Å²) >= 11 is 5.62. The molecule has 70 valence electrons. The van der Waals surface area contributed by atoms with Crippen molar-refractivity contribution >= 4 is 23.7 Å². The zero-order valence-corrected chi connectivity index (χ0v) is 8.25. The first-order valence-electron chi connectivity index (χ1n) is 3.77. The number of carbonyl (C=O) groups excluding carboxylic acids is 1. The molecule has 0 spiro atoms. The van der Waals surface area contributed by atoms with Gasteiger partial charge in [-0.15, -0.1) is 0 Å². The molecule has 1 heterocycles. The van der Waals surface area contributed by atoms with E-state index in [1.165, 1.54) is 0 Å². The van der Waals surface area contributed by atoms with Crippen LogP contribution < -0.4 is 4.90 Å². The number of nitrogens with zero attached hydrogens (tertiary/aromatic N) is 3. The van der Waals surface area contributed by atoms with Gasteiger partial charge in [-0.3, -0.25) is 0 Å². The predicted molar refractivity (Wildman–Crippen MR) is 51.1 cm³/mol. The Labute approximate surface area is 81.6 Å². The van der Waals surface area contributed by atoms with Gasteiger partial charge >= 0.3 is 0 Å². The summed E-state index contributed by atoms with van der Waals surface area (Å²) in [6.07, 6.45) is 2.70. The Morgan fingerprint density at radius 3 is 2.85 bits per heavy atom. The molecule has 1 aromatic heterocycles. The van der Waals surface area contributed by atoms with Crippen molar-refractivity contribution in [1.29, 1.82) is 0 Å². The zero-order chi connectivity index (χ0) is 9.84. The molecule has 0 saturated carbocycles. The molecule has 13 heavy (non-hydrogen) atoms. The highest BCUT2D eigenvalue weighted by atomic mass is 35.5. The molecule has 0 atom stereocenters. The van der Waals surface area contributed by atoms with E-state index in [-0.39, 0.29) is 5.28 Å². The average Bonchev–Trinajstić information content (AvgIpc) is 2.08. The number of anilines is 1.